The van der Waals surface area contributed by atoms with Gasteiger partial charge < -0.3 is 9.64 Å². The van der Waals surface area contributed by atoms with Gasteiger partial charge in [-0.2, -0.15) is 23.7 Å². The van der Waals surface area contributed by atoms with Crippen LogP contribution in [0, 0.1) is 22.7 Å². The third kappa shape index (κ3) is 5.10. The summed E-state index contributed by atoms with van der Waals surface area (Å²) in [5, 5.41) is 17.9. The van der Waals surface area contributed by atoms with Crippen LogP contribution in [0.25, 0.3) is 0 Å². The van der Waals surface area contributed by atoms with Gasteiger partial charge >= 0.3 is 6.18 Å². The molecule has 4 heterocycles. The number of anilines is 2. The lowest BCUT2D eigenvalue weighted by atomic mass is 9.75. The van der Waals surface area contributed by atoms with Crippen molar-refractivity contribution in [1.82, 2.24) is 14.9 Å². The molecule has 1 amide bonds. The highest BCUT2D eigenvalue weighted by molar-refractivity contribution is 7.81. The van der Waals surface area contributed by atoms with Gasteiger partial charge in [-0.1, -0.05) is 0 Å². The normalized spacial score (nSPS) is 19.3. The van der Waals surface area contributed by atoms with Crippen molar-refractivity contribution in [2.24, 2.45) is 0 Å². The van der Waals surface area contributed by atoms with Crippen LogP contribution >= 0.6 is 24.6 Å². The molecule has 39 heavy (non-hydrogen) atoms. The molecule has 3 fully saturated rings. The Morgan fingerprint density at radius 2 is 1.82 bits per heavy atom. The summed E-state index contributed by atoms with van der Waals surface area (Å²) in [6.45, 7) is 1.92. The summed E-state index contributed by atoms with van der Waals surface area (Å²) in [6, 6.07) is 7.75. The van der Waals surface area contributed by atoms with E-state index >= 15 is 0 Å². The van der Waals surface area contributed by atoms with Gasteiger partial charge in [0, 0.05) is 19.2 Å². The van der Waals surface area contributed by atoms with Gasteiger partial charge in [0.05, 0.1) is 41.9 Å². The molecule has 1 aliphatic carbocycles. The van der Waals surface area contributed by atoms with Crippen molar-refractivity contribution >= 4 is 47.0 Å². The zero-order valence-corrected chi connectivity index (χ0v) is 22.2. The highest BCUT2D eigenvalue weighted by Gasteiger charge is 2.60. The number of nitrogens with zero attached hydrogens (tertiary/aromatic N) is 7. The molecule has 0 aromatic carbocycles. The number of piperidine rings is 1. The Morgan fingerprint density at radius 3 is 2.36 bits per heavy atom. The molecule has 0 radical (unpaired) electrons. The van der Waals surface area contributed by atoms with Crippen molar-refractivity contribution in [3.05, 3.63) is 41.9 Å². The first-order valence-electron chi connectivity index (χ1n) is 12.1. The van der Waals surface area contributed by atoms with Crippen LogP contribution in [0.2, 0.25) is 0 Å². The molecular formula is C25H23ClF3N7O2S. The molecule has 5 rings (SSSR count). The zero-order chi connectivity index (χ0) is 27.1. The average Bonchev–Trinajstić information content (AvgIpc) is 3.11. The SMILES string of the molecule is Cl.N#CCN1CCC(Oc2ccc(N3C(=S)N(c4cnc(C#N)c(C(F)(F)F)c4)C(=O)C34CCC4)cn2)CC1. The zero-order valence-electron chi connectivity index (χ0n) is 20.5. The summed E-state index contributed by atoms with van der Waals surface area (Å²) in [5.41, 5.74) is -2.63. The number of likely N-dealkylation sites (tertiary alicyclic amines) is 1. The van der Waals surface area contributed by atoms with Gasteiger partial charge in [-0.05, 0) is 56.5 Å². The monoisotopic (exact) mass is 577 g/mol. The molecule has 0 unspecified atom stereocenters. The van der Waals surface area contributed by atoms with Gasteiger partial charge in [-0.3, -0.25) is 14.6 Å². The Balaban J connectivity index is 0.00000353. The van der Waals surface area contributed by atoms with Gasteiger partial charge in [0.1, 0.15) is 17.7 Å². The van der Waals surface area contributed by atoms with Crippen LogP contribution in [-0.2, 0) is 11.0 Å². The molecule has 2 saturated heterocycles. The molecule has 3 aliphatic rings. The number of amides is 1. The molecule has 1 spiro atoms. The molecule has 2 aromatic heterocycles. The third-order valence-corrected chi connectivity index (χ3v) is 7.60. The number of hydrogen-bond acceptors (Lipinski definition) is 8. The Morgan fingerprint density at radius 1 is 1.13 bits per heavy atom. The van der Waals surface area contributed by atoms with Crippen molar-refractivity contribution in [2.75, 3.05) is 29.4 Å². The van der Waals surface area contributed by atoms with Gasteiger partial charge in [-0.25, -0.2) is 9.97 Å². The van der Waals surface area contributed by atoms with Gasteiger partial charge in [-0.15, -0.1) is 12.4 Å². The molecule has 204 valence electrons. The Labute approximate surface area is 234 Å². The summed E-state index contributed by atoms with van der Waals surface area (Å²) in [5.74, 6) is -0.0209. The maximum absolute atomic E-state index is 13.6. The summed E-state index contributed by atoms with van der Waals surface area (Å²) in [6.07, 6.45) is 1.02. The standard InChI is InChI=1S/C25H22F3N7O2S.ClH/c26-25(27,28)19-12-17(15-31-20(19)13-30)34-22(36)24(6-1-7-24)35(23(34)38)16-2-3-21(32-14-16)37-18-4-9-33(10-5-18)11-8-29;/h2-3,12,14-15,18H,1,4-7,9-11H2;1H. The molecule has 2 aliphatic heterocycles. The number of alkyl halides is 3. The third-order valence-electron chi connectivity index (χ3n) is 7.23. The molecule has 9 nitrogen and oxygen atoms in total. The fraction of sp³-hybridized carbons (Fsp3) is 0.440. The van der Waals surface area contributed by atoms with Gasteiger partial charge in [0.15, 0.2) is 10.8 Å². The largest absolute Gasteiger partial charge is 0.474 e. The second-order valence-electron chi connectivity index (χ2n) is 9.45. The Hall–Kier alpha value is -3.52. The lowest BCUT2D eigenvalue weighted by molar-refractivity contribution is -0.138. The number of rotatable bonds is 5. The predicted molar refractivity (Wildman–Crippen MR) is 140 cm³/mol. The van der Waals surface area contributed by atoms with Crippen molar-refractivity contribution in [2.45, 2.75) is 49.9 Å². The molecule has 2 aromatic rings. The number of ether oxygens (including phenoxy) is 1. The number of pyridine rings is 2. The number of carbonyl (C=O) groups is 1. The van der Waals surface area contributed by atoms with E-state index in [1.54, 1.807) is 23.2 Å². The van der Waals surface area contributed by atoms with E-state index < -0.39 is 28.9 Å². The van der Waals surface area contributed by atoms with Crippen LogP contribution in [0.5, 0.6) is 5.88 Å². The Kier molecular flexibility index (Phi) is 7.98. The van der Waals surface area contributed by atoms with Crippen molar-refractivity contribution in [3.8, 4) is 18.0 Å². The van der Waals surface area contributed by atoms with E-state index in [1.165, 1.54) is 6.07 Å². The second-order valence-corrected chi connectivity index (χ2v) is 9.81. The van der Waals surface area contributed by atoms with Crippen LogP contribution in [-0.4, -0.2) is 57.2 Å². The molecule has 14 heteroatoms. The van der Waals surface area contributed by atoms with Crippen LogP contribution in [0.1, 0.15) is 43.4 Å². The fourth-order valence-electron chi connectivity index (χ4n) is 5.12. The highest BCUT2D eigenvalue weighted by atomic mass is 35.5. The fourth-order valence-corrected chi connectivity index (χ4v) is 5.59. The number of halogens is 4. The van der Waals surface area contributed by atoms with Crippen LogP contribution in [0.4, 0.5) is 24.5 Å². The van der Waals surface area contributed by atoms with Crippen LogP contribution in [0.3, 0.4) is 0 Å². The summed E-state index contributed by atoms with van der Waals surface area (Å²) in [4.78, 5) is 26.4. The average molecular weight is 578 g/mol. The number of carbonyl (C=O) groups excluding carboxylic acids is 1. The van der Waals surface area contributed by atoms with Crippen molar-refractivity contribution in [3.63, 3.8) is 0 Å². The minimum Gasteiger partial charge on any atom is -0.474 e. The first kappa shape index (κ1) is 28.5. The topological polar surface area (TPSA) is 109 Å². The predicted octanol–water partition coefficient (Wildman–Crippen LogP) is 4.22. The van der Waals surface area contributed by atoms with Gasteiger partial charge in [0.25, 0.3) is 5.91 Å². The summed E-state index contributed by atoms with van der Waals surface area (Å²) >= 11 is 5.62. The van der Waals surface area contributed by atoms with E-state index in [2.05, 4.69) is 20.9 Å². The summed E-state index contributed by atoms with van der Waals surface area (Å²) < 4.78 is 46.7. The smallest absolute Gasteiger partial charge is 0.419 e. The maximum atomic E-state index is 13.6. The quantitative estimate of drug-likeness (QED) is 0.381. The summed E-state index contributed by atoms with van der Waals surface area (Å²) in [7, 11) is 0. The minimum absolute atomic E-state index is 0. The first-order chi connectivity index (χ1) is 18.2. The van der Waals surface area contributed by atoms with E-state index in [1.807, 2.05) is 0 Å². The highest BCUT2D eigenvalue weighted by Crippen LogP contribution is 2.48. The van der Waals surface area contributed by atoms with Crippen molar-refractivity contribution in [1.29, 1.82) is 10.5 Å². The van der Waals surface area contributed by atoms with E-state index in [0.29, 0.717) is 31.0 Å². The van der Waals surface area contributed by atoms with Crippen LogP contribution in [0.15, 0.2) is 30.6 Å². The minimum atomic E-state index is -4.82. The number of thiocarbonyl (C=S) groups is 1. The molecule has 1 saturated carbocycles. The lowest BCUT2D eigenvalue weighted by Crippen LogP contribution is -2.55. The number of aromatic nitrogens is 2. The van der Waals surface area contributed by atoms with Crippen molar-refractivity contribution < 1.29 is 22.7 Å². The Bertz CT molecular complexity index is 1350. The number of nitriles is 2. The first-order valence-corrected chi connectivity index (χ1v) is 12.5. The van der Waals surface area contributed by atoms with E-state index in [-0.39, 0.29) is 29.3 Å². The lowest BCUT2D eigenvalue weighted by Gasteiger charge is -2.42. The maximum Gasteiger partial charge on any atom is 0.419 e. The van der Waals surface area contributed by atoms with E-state index in [9.17, 15) is 18.0 Å². The van der Waals surface area contributed by atoms with Gasteiger partial charge in [0.2, 0.25) is 5.88 Å². The van der Waals surface area contributed by atoms with Crippen LogP contribution < -0.4 is 14.5 Å². The molecular weight excluding hydrogens is 555 g/mol. The van der Waals surface area contributed by atoms with E-state index in [4.69, 9.17) is 27.5 Å². The molecule has 0 N–H and O–H groups in total. The number of hydrogen-bond donors (Lipinski definition) is 0. The molecule has 0 bridgehead atoms. The molecule has 0 atom stereocenters. The second kappa shape index (κ2) is 10.9. The van der Waals surface area contributed by atoms with E-state index in [0.717, 1.165) is 49.5 Å².